The monoisotopic (exact) mass is 314 g/mol. The lowest BCUT2D eigenvalue weighted by molar-refractivity contribution is -0.119. The molecular weight excluding hydrogens is 299 g/mol. The van der Waals surface area contributed by atoms with Crippen LogP contribution < -0.4 is 10.6 Å². The van der Waals surface area contributed by atoms with Crippen molar-refractivity contribution in [2.75, 3.05) is 11.9 Å². The molecule has 2 atom stereocenters. The molecule has 2 rings (SSSR count). The quantitative estimate of drug-likeness (QED) is 0.881. The van der Waals surface area contributed by atoms with Crippen molar-refractivity contribution in [3.63, 3.8) is 0 Å². The average molecular weight is 315 g/mol. The molecule has 1 aliphatic rings. The Morgan fingerprint density at radius 2 is 2.33 bits per heavy atom. The van der Waals surface area contributed by atoms with Gasteiger partial charge in [-0.1, -0.05) is 6.92 Å². The van der Waals surface area contributed by atoms with Crippen molar-refractivity contribution < 1.29 is 9.18 Å². The maximum Gasteiger partial charge on any atom is 0.241 e. The summed E-state index contributed by atoms with van der Waals surface area (Å²) in [5.41, 5.74) is 0.605. The van der Waals surface area contributed by atoms with Crippen LogP contribution in [0.2, 0.25) is 0 Å². The summed E-state index contributed by atoms with van der Waals surface area (Å²) >= 11 is 3.10. The maximum absolute atomic E-state index is 13.1. The Kier molecular flexibility index (Phi) is 4.35. The van der Waals surface area contributed by atoms with Gasteiger partial charge in [-0.3, -0.25) is 4.79 Å². The molecule has 1 aromatic carbocycles. The fourth-order valence-corrected chi connectivity index (χ4v) is 2.49. The van der Waals surface area contributed by atoms with Crippen LogP contribution in [0.1, 0.15) is 19.8 Å². The summed E-state index contributed by atoms with van der Waals surface area (Å²) < 4.78 is 13.4. The minimum atomic E-state index is -0.336. The van der Waals surface area contributed by atoms with E-state index in [0.717, 1.165) is 19.4 Å². The number of benzene rings is 1. The molecule has 1 amide bonds. The Balaban J connectivity index is 2.00. The van der Waals surface area contributed by atoms with Gasteiger partial charge in [0.2, 0.25) is 5.91 Å². The van der Waals surface area contributed by atoms with Crippen LogP contribution in [-0.2, 0) is 4.79 Å². The van der Waals surface area contributed by atoms with Gasteiger partial charge in [-0.25, -0.2) is 4.39 Å². The largest absolute Gasteiger partial charge is 0.325 e. The van der Waals surface area contributed by atoms with Crippen LogP contribution in [-0.4, -0.2) is 18.5 Å². The Labute approximate surface area is 114 Å². The van der Waals surface area contributed by atoms with E-state index in [-0.39, 0.29) is 17.8 Å². The second kappa shape index (κ2) is 5.80. The molecule has 1 fully saturated rings. The highest BCUT2D eigenvalue weighted by molar-refractivity contribution is 9.10. The highest BCUT2D eigenvalue weighted by Gasteiger charge is 2.24. The number of halogens is 2. The first-order valence-electron chi connectivity index (χ1n) is 6.05. The molecule has 2 unspecified atom stereocenters. The molecule has 98 valence electrons. The van der Waals surface area contributed by atoms with E-state index in [2.05, 4.69) is 33.5 Å². The summed E-state index contributed by atoms with van der Waals surface area (Å²) in [6.07, 6.45) is 1.94. The standard InChI is InChI=1S/C13H16BrFN2O/c1-8-4-5-16-12(6-8)13(18)17-9-2-3-11(15)10(14)7-9/h2-3,7-8,12,16H,4-6H2,1H3,(H,17,18). The number of hydrogen-bond donors (Lipinski definition) is 2. The van der Waals surface area contributed by atoms with E-state index in [1.807, 2.05) is 0 Å². The lowest BCUT2D eigenvalue weighted by atomic mass is 9.94. The summed E-state index contributed by atoms with van der Waals surface area (Å²) in [4.78, 5) is 12.0. The van der Waals surface area contributed by atoms with E-state index in [4.69, 9.17) is 0 Å². The van der Waals surface area contributed by atoms with Gasteiger partial charge in [-0.05, 0) is 59.4 Å². The van der Waals surface area contributed by atoms with E-state index in [1.54, 1.807) is 12.1 Å². The van der Waals surface area contributed by atoms with Crippen LogP contribution >= 0.6 is 15.9 Å². The minimum Gasteiger partial charge on any atom is -0.325 e. The third kappa shape index (κ3) is 3.29. The summed E-state index contributed by atoms with van der Waals surface area (Å²) in [6.45, 7) is 3.02. The first kappa shape index (κ1) is 13.5. The predicted molar refractivity (Wildman–Crippen MR) is 72.9 cm³/mol. The van der Waals surface area contributed by atoms with Gasteiger partial charge in [0.1, 0.15) is 5.82 Å². The molecule has 0 aliphatic carbocycles. The van der Waals surface area contributed by atoms with Gasteiger partial charge in [-0.2, -0.15) is 0 Å². The smallest absolute Gasteiger partial charge is 0.241 e. The average Bonchev–Trinajstić information content (AvgIpc) is 2.34. The van der Waals surface area contributed by atoms with Crippen LogP contribution in [0.5, 0.6) is 0 Å². The lowest BCUT2D eigenvalue weighted by Crippen LogP contribution is -2.45. The number of nitrogens with one attached hydrogen (secondary N) is 2. The third-order valence-corrected chi connectivity index (χ3v) is 3.78. The summed E-state index contributed by atoms with van der Waals surface area (Å²) in [5, 5.41) is 6.00. The van der Waals surface area contributed by atoms with Gasteiger partial charge in [0.25, 0.3) is 0 Å². The van der Waals surface area contributed by atoms with Gasteiger partial charge < -0.3 is 10.6 Å². The molecule has 0 saturated carbocycles. The number of amides is 1. The Hall–Kier alpha value is -0.940. The first-order valence-corrected chi connectivity index (χ1v) is 6.85. The van der Waals surface area contributed by atoms with Crippen molar-refractivity contribution in [3.8, 4) is 0 Å². The number of rotatable bonds is 2. The molecule has 18 heavy (non-hydrogen) atoms. The zero-order valence-electron chi connectivity index (χ0n) is 10.2. The number of hydrogen-bond acceptors (Lipinski definition) is 2. The Bertz CT molecular complexity index is 453. The maximum atomic E-state index is 13.1. The molecule has 5 heteroatoms. The molecule has 2 N–H and O–H groups in total. The SMILES string of the molecule is CC1CCNC(C(=O)Nc2ccc(F)c(Br)c2)C1. The summed E-state index contributed by atoms with van der Waals surface area (Å²) in [7, 11) is 0. The number of anilines is 1. The van der Waals surface area contributed by atoms with Crippen molar-refractivity contribution in [2.45, 2.75) is 25.8 Å². The summed E-state index contributed by atoms with van der Waals surface area (Å²) in [6, 6.07) is 4.30. The first-order chi connectivity index (χ1) is 8.56. The van der Waals surface area contributed by atoms with Crippen LogP contribution in [0.25, 0.3) is 0 Å². The van der Waals surface area contributed by atoms with Crippen LogP contribution in [0.3, 0.4) is 0 Å². The Morgan fingerprint density at radius 1 is 1.56 bits per heavy atom. The molecule has 0 radical (unpaired) electrons. The zero-order valence-corrected chi connectivity index (χ0v) is 11.8. The summed E-state index contributed by atoms with van der Waals surface area (Å²) in [5.74, 6) is 0.166. The van der Waals surface area contributed by atoms with Crippen LogP contribution in [0.15, 0.2) is 22.7 Å². The van der Waals surface area contributed by atoms with Gasteiger partial charge in [0, 0.05) is 5.69 Å². The molecule has 0 aromatic heterocycles. The highest BCUT2D eigenvalue weighted by atomic mass is 79.9. The van der Waals surface area contributed by atoms with Gasteiger partial charge in [0.15, 0.2) is 0 Å². The molecule has 0 bridgehead atoms. The normalized spacial score (nSPS) is 23.7. The minimum absolute atomic E-state index is 0.0555. The number of piperidine rings is 1. The van der Waals surface area contributed by atoms with Crippen LogP contribution in [0, 0.1) is 11.7 Å². The van der Waals surface area contributed by atoms with Crippen molar-refractivity contribution in [1.82, 2.24) is 5.32 Å². The molecule has 0 spiro atoms. The van der Waals surface area contributed by atoms with Gasteiger partial charge in [0.05, 0.1) is 10.5 Å². The van der Waals surface area contributed by atoms with Crippen molar-refractivity contribution in [1.29, 1.82) is 0 Å². The number of carbonyl (C=O) groups excluding carboxylic acids is 1. The molecule has 1 heterocycles. The molecule has 3 nitrogen and oxygen atoms in total. The predicted octanol–water partition coefficient (Wildman–Crippen LogP) is 2.91. The van der Waals surface area contributed by atoms with Gasteiger partial charge in [-0.15, -0.1) is 0 Å². The van der Waals surface area contributed by atoms with E-state index in [0.29, 0.717) is 16.1 Å². The topological polar surface area (TPSA) is 41.1 Å². The van der Waals surface area contributed by atoms with Gasteiger partial charge >= 0.3 is 0 Å². The molecule has 1 saturated heterocycles. The second-order valence-electron chi connectivity index (χ2n) is 4.75. The Morgan fingerprint density at radius 3 is 3.00 bits per heavy atom. The van der Waals surface area contributed by atoms with Crippen LogP contribution in [0.4, 0.5) is 10.1 Å². The molecule has 1 aromatic rings. The second-order valence-corrected chi connectivity index (χ2v) is 5.61. The molecule has 1 aliphatic heterocycles. The lowest BCUT2D eigenvalue weighted by Gasteiger charge is -2.27. The number of carbonyl (C=O) groups is 1. The zero-order chi connectivity index (χ0) is 13.1. The highest BCUT2D eigenvalue weighted by Crippen LogP contribution is 2.21. The van der Waals surface area contributed by atoms with E-state index in [9.17, 15) is 9.18 Å². The molecular formula is C13H16BrFN2O. The van der Waals surface area contributed by atoms with E-state index < -0.39 is 0 Å². The van der Waals surface area contributed by atoms with Crippen molar-refractivity contribution in [3.05, 3.63) is 28.5 Å². The fraction of sp³-hybridized carbons (Fsp3) is 0.462. The third-order valence-electron chi connectivity index (χ3n) is 3.17. The fourth-order valence-electron chi connectivity index (χ4n) is 2.11. The van der Waals surface area contributed by atoms with E-state index in [1.165, 1.54) is 6.07 Å². The van der Waals surface area contributed by atoms with Crippen molar-refractivity contribution in [2.24, 2.45) is 5.92 Å². The van der Waals surface area contributed by atoms with Crippen molar-refractivity contribution >= 4 is 27.5 Å². The van der Waals surface area contributed by atoms with E-state index >= 15 is 0 Å².